The highest BCUT2D eigenvalue weighted by Gasteiger charge is 1.75. The number of carbonyl (C=O) groups excluding carboxylic acids is 1. The number of rotatable bonds is 2. The molecule has 0 aromatic carbocycles. The lowest BCUT2D eigenvalue weighted by atomic mass is 10.4. The fraction of sp³-hybridized carbons (Fsp3) is 0.375. The molecule has 0 fully saturated rings. The SMILES string of the molecule is C=CCC=C.COC(C)=O. The van der Waals surface area contributed by atoms with Gasteiger partial charge in [-0.3, -0.25) is 4.79 Å². The second-order valence-electron chi connectivity index (χ2n) is 1.51. The highest BCUT2D eigenvalue weighted by atomic mass is 16.5. The molecule has 0 rings (SSSR count). The molecule has 2 nitrogen and oxygen atoms in total. The maximum Gasteiger partial charge on any atom is 0.302 e. The predicted octanol–water partition coefficient (Wildman–Crippen LogP) is 1.93. The average molecular weight is 142 g/mol. The fourth-order valence-electron chi connectivity index (χ4n) is 0.118. The van der Waals surface area contributed by atoms with E-state index in [-0.39, 0.29) is 5.97 Å². The van der Waals surface area contributed by atoms with Gasteiger partial charge in [0.15, 0.2) is 0 Å². The first-order valence-electron chi connectivity index (χ1n) is 2.95. The first-order valence-corrected chi connectivity index (χ1v) is 2.95. The third-order valence-corrected chi connectivity index (χ3v) is 0.621. The molecule has 0 aromatic rings. The van der Waals surface area contributed by atoms with E-state index >= 15 is 0 Å². The van der Waals surface area contributed by atoms with Gasteiger partial charge in [0.25, 0.3) is 0 Å². The Bertz CT molecular complexity index is 99.8. The summed E-state index contributed by atoms with van der Waals surface area (Å²) in [5.74, 6) is -0.245. The Labute approximate surface area is 62.2 Å². The zero-order chi connectivity index (χ0) is 8.41. The molecule has 0 saturated heterocycles. The summed E-state index contributed by atoms with van der Waals surface area (Å²) in [7, 11) is 1.35. The number of esters is 1. The molecule has 10 heavy (non-hydrogen) atoms. The van der Waals surface area contributed by atoms with Gasteiger partial charge in [-0.15, -0.1) is 13.2 Å². The van der Waals surface area contributed by atoms with Gasteiger partial charge in [-0.05, 0) is 6.42 Å². The quantitative estimate of drug-likeness (QED) is 0.435. The van der Waals surface area contributed by atoms with Gasteiger partial charge in [-0.2, -0.15) is 0 Å². The van der Waals surface area contributed by atoms with Crippen molar-refractivity contribution >= 4 is 5.97 Å². The molecule has 0 aromatic heterocycles. The zero-order valence-electron chi connectivity index (χ0n) is 6.59. The molecule has 0 atom stereocenters. The molecule has 0 spiro atoms. The number of methoxy groups -OCH3 is 1. The van der Waals surface area contributed by atoms with Crippen molar-refractivity contribution in [2.24, 2.45) is 0 Å². The van der Waals surface area contributed by atoms with Crippen molar-refractivity contribution in [1.29, 1.82) is 0 Å². The summed E-state index contributed by atoms with van der Waals surface area (Å²) in [6.07, 6.45) is 4.54. The number of carbonyl (C=O) groups is 1. The van der Waals surface area contributed by atoms with Crippen LogP contribution in [0.5, 0.6) is 0 Å². The van der Waals surface area contributed by atoms with Crippen LogP contribution in [0.4, 0.5) is 0 Å². The van der Waals surface area contributed by atoms with Gasteiger partial charge in [0.1, 0.15) is 0 Å². The molecule has 58 valence electrons. The van der Waals surface area contributed by atoms with E-state index in [1.165, 1.54) is 14.0 Å². The number of ether oxygens (including phenoxy) is 1. The van der Waals surface area contributed by atoms with E-state index in [9.17, 15) is 4.79 Å². The van der Waals surface area contributed by atoms with Gasteiger partial charge < -0.3 is 4.74 Å². The molecule has 0 aliphatic carbocycles. The first kappa shape index (κ1) is 11.7. The third-order valence-electron chi connectivity index (χ3n) is 0.621. The summed E-state index contributed by atoms with van der Waals surface area (Å²) in [4.78, 5) is 9.59. The summed E-state index contributed by atoms with van der Waals surface area (Å²) in [6.45, 7) is 8.32. The van der Waals surface area contributed by atoms with Crippen LogP contribution < -0.4 is 0 Å². The Morgan fingerprint density at radius 3 is 1.80 bits per heavy atom. The summed E-state index contributed by atoms with van der Waals surface area (Å²) >= 11 is 0. The Morgan fingerprint density at radius 2 is 1.80 bits per heavy atom. The Kier molecular flexibility index (Phi) is 12.7. The molecule has 0 unspecified atom stereocenters. The Morgan fingerprint density at radius 1 is 1.50 bits per heavy atom. The van der Waals surface area contributed by atoms with Crippen LogP contribution in [0, 0.1) is 0 Å². The van der Waals surface area contributed by atoms with Crippen LogP contribution in [-0.4, -0.2) is 13.1 Å². The zero-order valence-corrected chi connectivity index (χ0v) is 6.59. The lowest BCUT2D eigenvalue weighted by Gasteiger charge is -1.80. The normalized spacial score (nSPS) is 6.60. The minimum Gasteiger partial charge on any atom is -0.469 e. The maximum atomic E-state index is 9.59. The van der Waals surface area contributed by atoms with Crippen LogP contribution in [0.1, 0.15) is 13.3 Å². The van der Waals surface area contributed by atoms with Crippen molar-refractivity contribution in [3.8, 4) is 0 Å². The van der Waals surface area contributed by atoms with Crippen molar-refractivity contribution in [2.45, 2.75) is 13.3 Å². The average Bonchev–Trinajstić information content (AvgIpc) is 1.91. The number of hydrogen-bond acceptors (Lipinski definition) is 2. The summed E-state index contributed by atoms with van der Waals surface area (Å²) in [5.41, 5.74) is 0. The molecule has 0 N–H and O–H groups in total. The smallest absolute Gasteiger partial charge is 0.302 e. The van der Waals surface area contributed by atoms with Crippen molar-refractivity contribution in [3.63, 3.8) is 0 Å². The summed E-state index contributed by atoms with van der Waals surface area (Å²) in [6, 6.07) is 0. The fourth-order valence-corrected chi connectivity index (χ4v) is 0.118. The molecular weight excluding hydrogens is 128 g/mol. The van der Waals surface area contributed by atoms with Crippen molar-refractivity contribution in [2.75, 3.05) is 7.11 Å². The Balaban J connectivity index is 0. The second-order valence-corrected chi connectivity index (χ2v) is 1.51. The molecule has 0 radical (unpaired) electrons. The largest absolute Gasteiger partial charge is 0.469 e. The topological polar surface area (TPSA) is 26.3 Å². The molecule has 0 amide bonds. The molecule has 0 heterocycles. The van der Waals surface area contributed by atoms with Gasteiger partial charge in [-0.1, -0.05) is 12.2 Å². The third kappa shape index (κ3) is 28.3. The lowest BCUT2D eigenvalue weighted by Crippen LogP contribution is -1.88. The van der Waals surface area contributed by atoms with E-state index in [4.69, 9.17) is 0 Å². The van der Waals surface area contributed by atoms with E-state index in [2.05, 4.69) is 17.9 Å². The summed E-state index contributed by atoms with van der Waals surface area (Å²) < 4.78 is 4.11. The molecule has 2 heteroatoms. The van der Waals surface area contributed by atoms with E-state index < -0.39 is 0 Å². The molecule has 0 aliphatic heterocycles. The highest BCUT2D eigenvalue weighted by molar-refractivity contribution is 5.65. The maximum absolute atomic E-state index is 9.59. The van der Waals surface area contributed by atoms with Gasteiger partial charge in [-0.25, -0.2) is 0 Å². The monoisotopic (exact) mass is 142 g/mol. The van der Waals surface area contributed by atoms with Crippen LogP contribution in [0.15, 0.2) is 25.3 Å². The van der Waals surface area contributed by atoms with E-state index in [0.717, 1.165) is 6.42 Å². The minimum absolute atomic E-state index is 0.245. The van der Waals surface area contributed by atoms with Crippen LogP contribution >= 0.6 is 0 Å². The van der Waals surface area contributed by atoms with Crippen LogP contribution in [0.25, 0.3) is 0 Å². The highest BCUT2D eigenvalue weighted by Crippen LogP contribution is 1.73. The van der Waals surface area contributed by atoms with E-state index in [1.807, 2.05) is 12.2 Å². The molecular formula is C8H14O2. The molecule has 0 aliphatic rings. The molecule has 0 saturated carbocycles. The van der Waals surface area contributed by atoms with Gasteiger partial charge in [0, 0.05) is 6.92 Å². The first-order chi connectivity index (χ1) is 4.68. The van der Waals surface area contributed by atoms with Gasteiger partial charge in [0.05, 0.1) is 7.11 Å². The summed E-state index contributed by atoms with van der Waals surface area (Å²) in [5, 5.41) is 0. The van der Waals surface area contributed by atoms with Crippen molar-refractivity contribution in [1.82, 2.24) is 0 Å². The van der Waals surface area contributed by atoms with Crippen molar-refractivity contribution < 1.29 is 9.53 Å². The number of hydrogen-bond donors (Lipinski definition) is 0. The van der Waals surface area contributed by atoms with Crippen LogP contribution in [0.2, 0.25) is 0 Å². The minimum atomic E-state index is -0.245. The molecule has 0 bridgehead atoms. The standard InChI is InChI=1S/C5H8.C3H6O2/c1-3-5-4-2;1-3(4)5-2/h3-4H,1-2,5H2;1-2H3. The predicted molar refractivity (Wildman–Crippen MR) is 42.7 cm³/mol. The van der Waals surface area contributed by atoms with Crippen molar-refractivity contribution in [3.05, 3.63) is 25.3 Å². The Hall–Kier alpha value is -1.05. The van der Waals surface area contributed by atoms with E-state index in [0.29, 0.717) is 0 Å². The van der Waals surface area contributed by atoms with Gasteiger partial charge in [0.2, 0.25) is 0 Å². The second kappa shape index (κ2) is 10.8. The number of allylic oxidation sites excluding steroid dienone is 2. The van der Waals surface area contributed by atoms with E-state index in [1.54, 1.807) is 0 Å². The lowest BCUT2D eigenvalue weighted by molar-refractivity contribution is -0.137. The van der Waals surface area contributed by atoms with Crippen LogP contribution in [-0.2, 0) is 9.53 Å². The van der Waals surface area contributed by atoms with Gasteiger partial charge >= 0.3 is 5.97 Å². The van der Waals surface area contributed by atoms with Crippen LogP contribution in [0.3, 0.4) is 0 Å².